The SMILES string of the molecule is CCCN(CCO)C(C(=O)O)c1ccc(OC(C)C)cc1. The van der Waals surface area contributed by atoms with Gasteiger partial charge in [-0.15, -0.1) is 0 Å². The topological polar surface area (TPSA) is 70.0 Å². The van der Waals surface area contributed by atoms with E-state index < -0.39 is 12.0 Å². The lowest BCUT2D eigenvalue weighted by Gasteiger charge is -2.28. The maximum absolute atomic E-state index is 11.6. The summed E-state index contributed by atoms with van der Waals surface area (Å²) >= 11 is 0. The molecule has 0 saturated carbocycles. The Morgan fingerprint density at radius 3 is 2.29 bits per heavy atom. The van der Waals surface area contributed by atoms with E-state index in [-0.39, 0.29) is 12.7 Å². The van der Waals surface area contributed by atoms with E-state index in [9.17, 15) is 9.90 Å². The monoisotopic (exact) mass is 295 g/mol. The molecule has 0 aromatic heterocycles. The van der Waals surface area contributed by atoms with Crippen LogP contribution in [0, 0.1) is 0 Å². The molecule has 5 nitrogen and oxygen atoms in total. The summed E-state index contributed by atoms with van der Waals surface area (Å²) in [6.45, 7) is 6.79. The Morgan fingerprint density at radius 1 is 1.24 bits per heavy atom. The minimum atomic E-state index is -0.908. The van der Waals surface area contributed by atoms with E-state index in [1.165, 1.54) is 0 Å². The van der Waals surface area contributed by atoms with Crippen LogP contribution in [-0.2, 0) is 4.79 Å². The van der Waals surface area contributed by atoms with Crippen LogP contribution in [0.25, 0.3) is 0 Å². The van der Waals surface area contributed by atoms with Crippen molar-refractivity contribution in [1.82, 2.24) is 4.90 Å². The largest absolute Gasteiger partial charge is 0.491 e. The van der Waals surface area contributed by atoms with Gasteiger partial charge in [-0.2, -0.15) is 0 Å². The summed E-state index contributed by atoms with van der Waals surface area (Å²) in [6, 6.07) is 6.38. The molecule has 1 unspecified atom stereocenters. The molecule has 21 heavy (non-hydrogen) atoms. The van der Waals surface area contributed by atoms with Gasteiger partial charge in [0.15, 0.2) is 0 Å². The summed E-state index contributed by atoms with van der Waals surface area (Å²) in [6.07, 6.45) is 0.912. The van der Waals surface area contributed by atoms with Gasteiger partial charge in [0.2, 0.25) is 0 Å². The minimum absolute atomic E-state index is 0.0572. The van der Waals surface area contributed by atoms with Crippen LogP contribution in [0.5, 0.6) is 5.75 Å². The van der Waals surface area contributed by atoms with Crippen molar-refractivity contribution >= 4 is 5.97 Å². The second-order valence-corrected chi connectivity index (χ2v) is 5.24. The molecule has 1 aromatic carbocycles. The van der Waals surface area contributed by atoms with Gasteiger partial charge in [-0.3, -0.25) is 9.69 Å². The second kappa shape index (κ2) is 8.64. The van der Waals surface area contributed by atoms with Crippen LogP contribution >= 0.6 is 0 Å². The molecule has 0 spiro atoms. The van der Waals surface area contributed by atoms with Crippen LogP contribution in [0.4, 0.5) is 0 Å². The van der Waals surface area contributed by atoms with Gasteiger partial charge in [-0.1, -0.05) is 19.1 Å². The average Bonchev–Trinajstić information content (AvgIpc) is 2.40. The second-order valence-electron chi connectivity index (χ2n) is 5.24. The predicted molar refractivity (Wildman–Crippen MR) is 81.5 cm³/mol. The van der Waals surface area contributed by atoms with E-state index in [1.54, 1.807) is 29.2 Å². The lowest BCUT2D eigenvalue weighted by molar-refractivity contribution is -0.143. The van der Waals surface area contributed by atoms with E-state index in [1.807, 2.05) is 20.8 Å². The molecule has 118 valence electrons. The lowest BCUT2D eigenvalue weighted by Crippen LogP contribution is -2.36. The number of aliphatic carboxylic acids is 1. The third-order valence-corrected chi connectivity index (χ3v) is 3.06. The highest BCUT2D eigenvalue weighted by atomic mass is 16.5. The molecule has 0 aliphatic heterocycles. The molecule has 0 fully saturated rings. The number of hydrogen-bond donors (Lipinski definition) is 2. The molecule has 0 amide bonds. The fraction of sp³-hybridized carbons (Fsp3) is 0.562. The number of carboxylic acids is 1. The third-order valence-electron chi connectivity index (χ3n) is 3.06. The van der Waals surface area contributed by atoms with Gasteiger partial charge in [0.25, 0.3) is 0 Å². The summed E-state index contributed by atoms with van der Waals surface area (Å²) < 4.78 is 5.56. The summed E-state index contributed by atoms with van der Waals surface area (Å²) in [5, 5.41) is 18.6. The fourth-order valence-electron chi connectivity index (χ4n) is 2.30. The van der Waals surface area contributed by atoms with E-state index in [0.717, 1.165) is 12.2 Å². The van der Waals surface area contributed by atoms with Crippen LogP contribution in [0.2, 0.25) is 0 Å². The first-order valence-corrected chi connectivity index (χ1v) is 7.33. The highest BCUT2D eigenvalue weighted by Crippen LogP contribution is 2.24. The van der Waals surface area contributed by atoms with Crippen molar-refractivity contribution in [2.75, 3.05) is 19.7 Å². The van der Waals surface area contributed by atoms with E-state index in [0.29, 0.717) is 18.7 Å². The molecule has 1 aromatic rings. The molecule has 1 atom stereocenters. The van der Waals surface area contributed by atoms with Crippen molar-refractivity contribution in [3.63, 3.8) is 0 Å². The highest BCUT2D eigenvalue weighted by Gasteiger charge is 2.26. The van der Waals surface area contributed by atoms with Crippen LogP contribution in [0.1, 0.15) is 38.8 Å². The van der Waals surface area contributed by atoms with Gasteiger partial charge in [0.1, 0.15) is 11.8 Å². The first-order valence-electron chi connectivity index (χ1n) is 7.33. The van der Waals surface area contributed by atoms with Gasteiger partial charge in [0.05, 0.1) is 12.7 Å². The van der Waals surface area contributed by atoms with Crippen LogP contribution < -0.4 is 4.74 Å². The maximum atomic E-state index is 11.6. The molecule has 1 rings (SSSR count). The fourth-order valence-corrected chi connectivity index (χ4v) is 2.30. The predicted octanol–water partition coefficient (Wildman–Crippen LogP) is 2.30. The number of ether oxygens (including phenoxy) is 1. The lowest BCUT2D eigenvalue weighted by atomic mass is 10.0. The summed E-state index contributed by atoms with van der Waals surface area (Å²) in [7, 11) is 0. The number of carbonyl (C=O) groups is 1. The first-order chi connectivity index (χ1) is 9.99. The minimum Gasteiger partial charge on any atom is -0.491 e. The molecule has 0 aliphatic carbocycles. The van der Waals surface area contributed by atoms with Crippen molar-refractivity contribution in [2.24, 2.45) is 0 Å². The van der Waals surface area contributed by atoms with Crippen LogP contribution in [0.15, 0.2) is 24.3 Å². The van der Waals surface area contributed by atoms with Crippen molar-refractivity contribution in [3.05, 3.63) is 29.8 Å². The smallest absolute Gasteiger partial charge is 0.325 e. The van der Waals surface area contributed by atoms with Crippen molar-refractivity contribution in [2.45, 2.75) is 39.3 Å². The zero-order chi connectivity index (χ0) is 15.8. The molecule has 5 heteroatoms. The molecule has 0 radical (unpaired) electrons. The molecular weight excluding hydrogens is 270 g/mol. The van der Waals surface area contributed by atoms with E-state index in [4.69, 9.17) is 9.84 Å². The summed E-state index contributed by atoms with van der Waals surface area (Å²) in [5.74, 6) is -0.184. The van der Waals surface area contributed by atoms with Crippen LogP contribution in [-0.4, -0.2) is 46.9 Å². The average molecular weight is 295 g/mol. The maximum Gasteiger partial charge on any atom is 0.325 e. The molecule has 0 aliphatic rings. The van der Waals surface area contributed by atoms with E-state index >= 15 is 0 Å². The molecule has 2 N–H and O–H groups in total. The number of carboxylic acid groups (broad SMARTS) is 1. The van der Waals surface area contributed by atoms with Gasteiger partial charge >= 0.3 is 5.97 Å². The Bertz CT molecular complexity index is 424. The zero-order valence-electron chi connectivity index (χ0n) is 13.0. The molecule has 0 heterocycles. The van der Waals surface area contributed by atoms with Gasteiger partial charge in [-0.05, 0) is 44.5 Å². The number of aliphatic hydroxyl groups excluding tert-OH is 1. The molecule has 0 saturated heterocycles. The highest BCUT2D eigenvalue weighted by molar-refractivity contribution is 5.75. The number of aliphatic hydroxyl groups is 1. The third kappa shape index (κ3) is 5.36. The molecular formula is C16H25NO4. The van der Waals surface area contributed by atoms with Crippen molar-refractivity contribution in [1.29, 1.82) is 0 Å². The standard InChI is InChI=1S/C16H25NO4/c1-4-9-17(10-11-18)15(16(19)20)13-5-7-14(8-6-13)21-12(2)3/h5-8,12,15,18H,4,9-11H2,1-3H3,(H,19,20). The van der Waals surface area contributed by atoms with E-state index in [2.05, 4.69) is 0 Å². The summed E-state index contributed by atoms with van der Waals surface area (Å²) in [5.41, 5.74) is 0.695. The number of hydrogen-bond acceptors (Lipinski definition) is 4. The normalized spacial score (nSPS) is 12.7. The quantitative estimate of drug-likeness (QED) is 0.731. The number of rotatable bonds is 9. The Labute approximate surface area is 126 Å². The Morgan fingerprint density at radius 2 is 1.86 bits per heavy atom. The Hall–Kier alpha value is -1.59. The van der Waals surface area contributed by atoms with Crippen molar-refractivity contribution in [3.8, 4) is 5.75 Å². The van der Waals surface area contributed by atoms with Gasteiger partial charge in [-0.25, -0.2) is 0 Å². The number of nitrogens with zero attached hydrogens (tertiary/aromatic N) is 1. The molecule has 0 bridgehead atoms. The van der Waals surface area contributed by atoms with Crippen LogP contribution in [0.3, 0.4) is 0 Å². The first kappa shape index (κ1) is 17.5. The summed E-state index contributed by atoms with van der Waals surface area (Å²) in [4.78, 5) is 13.4. The van der Waals surface area contributed by atoms with Crippen molar-refractivity contribution < 1.29 is 19.7 Å². The zero-order valence-corrected chi connectivity index (χ0v) is 13.0. The Kier molecular flexibility index (Phi) is 7.19. The van der Waals surface area contributed by atoms with Gasteiger partial charge < -0.3 is 14.9 Å². The van der Waals surface area contributed by atoms with Gasteiger partial charge in [0, 0.05) is 6.54 Å². The Balaban J connectivity index is 2.96. The number of benzene rings is 1.